The molecule has 5 nitrogen and oxygen atoms in total. The zero-order valence-corrected chi connectivity index (χ0v) is 13.9. The Labute approximate surface area is 148 Å². The summed E-state index contributed by atoms with van der Waals surface area (Å²) in [6.07, 6.45) is 0. The van der Waals surface area contributed by atoms with Crippen molar-refractivity contribution < 1.29 is 28.6 Å². The van der Waals surface area contributed by atoms with Gasteiger partial charge in [-0.2, -0.15) is 0 Å². The summed E-state index contributed by atoms with van der Waals surface area (Å²) in [4.78, 5) is 24.4. The molecule has 26 heavy (non-hydrogen) atoms. The topological polar surface area (TPSA) is 72.8 Å². The van der Waals surface area contributed by atoms with E-state index in [0.717, 1.165) is 17.5 Å². The molecule has 0 spiro atoms. The number of carbonyl (C=O) groups is 2. The number of hydrogen-bond donors (Lipinski definition) is 1. The van der Waals surface area contributed by atoms with Gasteiger partial charge in [0.2, 0.25) is 5.78 Å². The number of phenolic OH excluding ortho intramolecular Hbond substituents is 1. The molecular weight excluding hydrogens is 339 g/mol. The lowest BCUT2D eigenvalue weighted by molar-refractivity contribution is 0.0471. The first-order valence-corrected chi connectivity index (χ1v) is 7.76. The fourth-order valence-corrected chi connectivity index (χ4v) is 2.60. The molecule has 3 aromatic carbocycles. The second-order valence-corrected chi connectivity index (χ2v) is 5.53. The third-order valence-electron chi connectivity index (χ3n) is 3.92. The molecule has 0 saturated carbocycles. The lowest BCUT2D eigenvalue weighted by atomic mass is 10.1. The molecule has 6 heteroatoms. The van der Waals surface area contributed by atoms with Gasteiger partial charge in [-0.1, -0.05) is 30.3 Å². The van der Waals surface area contributed by atoms with Crippen molar-refractivity contribution in [2.45, 2.75) is 0 Å². The Bertz CT molecular complexity index is 997. The van der Waals surface area contributed by atoms with Crippen molar-refractivity contribution >= 4 is 22.5 Å². The molecule has 0 aliphatic heterocycles. The summed E-state index contributed by atoms with van der Waals surface area (Å²) in [5.74, 6) is -2.11. The number of phenols is 1. The van der Waals surface area contributed by atoms with Gasteiger partial charge < -0.3 is 14.6 Å². The maximum absolute atomic E-state index is 13.4. The van der Waals surface area contributed by atoms with E-state index in [1.807, 2.05) is 6.07 Å². The van der Waals surface area contributed by atoms with Crippen LogP contribution in [0.4, 0.5) is 4.39 Å². The van der Waals surface area contributed by atoms with E-state index >= 15 is 0 Å². The van der Waals surface area contributed by atoms with E-state index in [9.17, 15) is 19.1 Å². The van der Waals surface area contributed by atoms with Gasteiger partial charge in [0, 0.05) is 5.39 Å². The number of fused-ring (bicyclic) bond motifs is 1. The van der Waals surface area contributed by atoms with Crippen LogP contribution in [-0.4, -0.2) is 30.6 Å². The van der Waals surface area contributed by atoms with E-state index < -0.39 is 24.2 Å². The van der Waals surface area contributed by atoms with Crippen LogP contribution in [0.5, 0.6) is 11.5 Å². The summed E-state index contributed by atoms with van der Waals surface area (Å²) in [7, 11) is 1.35. The average Bonchev–Trinajstić information content (AvgIpc) is 2.66. The van der Waals surface area contributed by atoms with E-state index in [-0.39, 0.29) is 22.6 Å². The molecule has 1 N–H and O–H groups in total. The van der Waals surface area contributed by atoms with Crippen LogP contribution in [0.1, 0.15) is 20.7 Å². The molecule has 0 aliphatic rings. The normalized spacial score (nSPS) is 10.5. The highest BCUT2D eigenvalue weighted by Crippen LogP contribution is 2.29. The zero-order valence-electron chi connectivity index (χ0n) is 13.9. The first-order chi connectivity index (χ1) is 12.5. The number of ketones is 1. The number of halogens is 1. The Morgan fingerprint density at radius 1 is 1.04 bits per heavy atom. The minimum absolute atomic E-state index is 0.0250. The number of Topliss-reactive ketones (excluding diaryl/α,β-unsaturated/α-hetero) is 1. The van der Waals surface area contributed by atoms with Crippen LogP contribution in [0.3, 0.4) is 0 Å². The van der Waals surface area contributed by atoms with Crippen LogP contribution in [0, 0.1) is 5.82 Å². The molecule has 0 radical (unpaired) electrons. The maximum atomic E-state index is 13.4. The Hall–Kier alpha value is -3.41. The molecule has 3 rings (SSSR count). The molecule has 0 heterocycles. The van der Waals surface area contributed by atoms with Crippen LogP contribution in [0.2, 0.25) is 0 Å². The highest BCUT2D eigenvalue weighted by atomic mass is 19.1. The SMILES string of the molecule is COc1ccc(F)cc1C(=O)COC(=O)c1ccc2ccccc2c1O. The Kier molecular flexibility index (Phi) is 4.84. The molecule has 0 aliphatic carbocycles. The van der Waals surface area contributed by atoms with Crippen LogP contribution in [-0.2, 0) is 4.74 Å². The molecule has 0 bridgehead atoms. The molecule has 0 amide bonds. The van der Waals surface area contributed by atoms with Crippen LogP contribution >= 0.6 is 0 Å². The second-order valence-electron chi connectivity index (χ2n) is 5.53. The van der Waals surface area contributed by atoms with Crippen molar-refractivity contribution in [3.8, 4) is 11.5 Å². The zero-order chi connectivity index (χ0) is 18.7. The third-order valence-corrected chi connectivity index (χ3v) is 3.92. The summed E-state index contributed by atoms with van der Waals surface area (Å²) in [5.41, 5.74) is -0.0780. The van der Waals surface area contributed by atoms with Gasteiger partial charge in [-0.3, -0.25) is 4.79 Å². The number of esters is 1. The van der Waals surface area contributed by atoms with Gasteiger partial charge in [0.25, 0.3) is 0 Å². The van der Waals surface area contributed by atoms with Gasteiger partial charge >= 0.3 is 5.97 Å². The lowest BCUT2D eigenvalue weighted by Crippen LogP contribution is -2.15. The summed E-state index contributed by atoms with van der Waals surface area (Å²) < 4.78 is 23.4. The molecule has 0 fully saturated rings. The smallest absolute Gasteiger partial charge is 0.342 e. The van der Waals surface area contributed by atoms with Crippen molar-refractivity contribution in [2.24, 2.45) is 0 Å². The van der Waals surface area contributed by atoms with Crippen molar-refractivity contribution in [2.75, 3.05) is 13.7 Å². The first kappa shape index (κ1) is 17.4. The molecule has 0 aromatic heterocycles. The van der Waals surface area contributed by atoms with Crippen LogP contribution in [0.15, 0.2) is 54.6 Å². The predicted molar refractivity (Wildman–Crippen MR) is 93.2 cm³/mol. The highest BCUT2D eigenvalue weighted by molar-refractivity contribution is 6.04. The number of aromatic hydroxyl groups is 1. The maximum Gasteiger partial charge on any atom is 0.342 e. The fourth-order valence-electron chi connectivity index (χ4n) is 2.60. The Morgan fingerprint density at radius 3 is 2.58 bits per heavy atom. The number of rotatable bonds is 5. The first-order valence-electron chi connectivity index (χ1n) is 7.76. The van der Waals surface area contributed by atoms with E-state index in [1.54, 1.807) is 24.3 Å². The van der Waals surface area contributed by atoms with Crippen LogP contribution in [0.25, 0.3) is 10.8 Å². The van der Waals surface area contributed by atoms with Gasteiger partial charge in [-0.25, -0.2) is 9.18 Å². The number of ether oxygens (including phenoxy) is 2. The highest BCUT2D eigenvalue weighted by Gasteiger charge is 2.19. The number of methoxy groups -OCH3 is 1. The Balaban J connectivity index is 1.78. The summed E-state index contributed by atoms with van der Waals surface area (Å²) in [6.45, 7) is -0.606. The number of benzene rings is 3. The van der Waals surface area contributed by atoms with Crippen molar-refractivity contribution in [1.82, 2.24) is 0 Å². The third kappa shape index (κ3) is 3.35. The molecule has 132 valence electrons. The lowest BCUT2D eigenvalue weighted by Gasteiger charge is -2.10. The Morgan fingerprint density at radius 2 is 1.81 bits per heavy atom. The number of hydrogen-bond acceptors (Lipinski definition) is 5. The largest absolute Gasteiger partial charge is 0.506 e. The molecular formula is C20H15FO5. The predicted octanol–water partition coefficient (Wildman–Crippen LogP) is 3.73. The monoisotopic (exact) mass is 354 g/mol. The minimum Gasteiger partial charge on any atom is -0.506 e. The van der Waals surface area contributed by atoms with Gasteiger partial charge in [-0.15, -0.1) is 0 Å². The van der Waals surface area contributed by atoms with Crippen molar-refractivity contribution in [3.05, 3.63) is 71.5 Å². The van der Waals surface area contributed by atoms with Gasteiger partial charge in [0.1, 0.15) is 22.9 Å². The van der Waals surface area contributed by atoms with Crippen molar-refractivity contribution in [3.63, 3.8) is 0 Å². The fraction of sp³-hybridized carbons (Fsp3) is 0.100. The minimum atomic E-state index is -0.850. The summed E-state index contributed by atoms with van der Waals surface area (Å²) in [6, 6.07) is 13.6. The van der Waals surface area contributed by atoms with Gasteiger partial charge in [-0.05, 0) is 29.7 Å². The second kappa shape index (κ2) is 7.23. The molecule has 0 atom stereocenters. The summed E-state index contributed by atoms with van der Waals surface area (Å²) >= 11 is 0. The van der Waals surface area contributed by atoms with Crippen molar-refractivity contribution in [1.29, 1.82) is 0 Å². The van der Waals surface area contributed by atoms with E-state index in [0.29, 0.717) is 5.39 Å². The van der Waals surface area contributed by atoms with Gasteiger partial charge in [0.05, 0.1) is 12.7 Å². The van der Waals surface area contributed by atoms with Gasteiger partial charge in [0.15, 0.2) is 6.61 Å². The molecule has 0 saturated heterocycles. The van der Waals surface area contributed by atoms with E-state index in [4.69, 9.17) is 9.47 Å². The number of carbonyl (C=O) groups excluding carboxylic acids is 2. The molecule has 3 aromatic rings. The van der Waals surface area contributed by atoms with E-state index in [1.165, 1.54) is 19.2 Å². The van der Waals surface area contributed by atoms with E-state index in [2.05, 4.69) is 0 Å². The average molecular weight is 354 g/mol. The standard InChI is InChI=1S/C20H15FO5/c1-25-18-9-7-13(21)10-16(18)17(22)11-26-20(24)15-8-6-12-4-2-3-5-14(12)19(15)23/h2-10,23H,11H2,1H3. The quantitative estimate of drug-likeness (QED) is 0.558. The summed E-state index contributed by atoms with van der Waals surface area (Å²) in [5, 5.41) is 11.5. The molecule has 0 unspecified atom stereocenters. The van der Waals surface area contributed by atoms with Crippen LogP contribution < -0.4 is 4.74 Å².